The normalized spacial score (nSPS) is 10.3. The number of benzene rings is 1. The smallest absolute Gasteiger partial charge is 0.258 e. The van der Waals surface area contributed by atoms with E-state index < -0.39 is 0 Å². The predicted molar refractivity (Wildman–Crippen MR) is 77.4 cm³/mol. The largest absolute Gasteiger partial charge is 0.384 e. The summed E-state index contributed by atoms with van der Waals surface area (Å²) in [6.45, 7) is 2.26. The van der Waals surface area contributed by atoms with Crippen molar-refractivity contribution in [3.05, 3.63) is 52.9 Å². The number of nitrogens with two attached hydrogens (primary N) is 1. The van der Waals surface area contributed by atoms with Crippen LogP contribution in [0.4, 0.5) is 15.9 Å². The summed E-state index contributed by atoms with van der Waals surface area (Å²) < 4.78 is 12.9. The first kappa shape index (κ1) is 14.3. The highest BCUT2D eigenvalue weighted by Gasteiger charge is 2.17. The van der Waals surface area contributed by atoms with Gasteiger partial charge in [0.05, 0.1) is 0 Å². The fourth-order valence-electron chi connectivity index (χ4n) is 1.86. The van der Waals surface area contributed by atoms with Gasteiger partial charge in [-0.3, -0.25) is 4.79 Å². The van der Waals surface area contributed by atoms with Crippen molar-refractivity contribution in [1.82, 2.24) is 4.98 Å². The molecular formula is C14H13ClFN3O. The fraction of sp³-hybridized carbons (Fsp3) is 0.143. The Morgan fingerprint density at radius 2 is 2.00 bits per heavy atom. The molecule has 0 unspecified atom stereocenters. The molecule has 4 nitrogen and oxygen atoms in total. The number of hydrogen-bond donors (Lipinski definition) is 1. The van der Waals surface area contributed by atoms with Gasteiger partial charge in [-0.15, -0.1) is 0 Å². The minimum Gasteiger partial charge on any atom is -0.384 e. The van der Waals surface area contributed by atoms with Crippen molar-refractivity contribution in [2.45, 2.75) is 6.92 Å². The third-order valence-electron chi connectivity index (χ3n) is 2.76. The van der Waals surface area contributed by atoms with Crippen LogP contribution in [-0.4, -0.2) is 17.4 Å². The van der Waals surface area contributed by atoms with Gasteiger partial charge < -0.3 is 10.6 Å². The van der Waals surface area contributed by atoms with Gasteiger partial charge in [0, 0.05) is 17.8 Å². The highest BCUT2D eigenvalue weighted by molar-refractivity contribution is 6.30. The lowest BCUT2D eigenvalue weighted by Gasteiger charge is -2.21. The number of carbonyl (C=O) groups excluding carboxylic acids is 1. The minimum atomic E-state index is -0.353. The molecule has 0 saturated heterocycles. The second-order valence-corrected chi connectivity index (χ2v) is 4.52. The first-order valence-corrected chi connectivity index (χ1v) is 6.39. The maximum atomic E-state index is 12.9. The molecule has 1 heterocycles. The van der Waals surface area contributed by atoms with Gasteiger partial charge in [0.25, 0.3) is 5.91 Å². The molecular weight excluding hydrogens is 281 g/mol. The molecule has 2 rings (SSSR count). The SMILES string of the molecule is CCN(C(=O)c1cc(N)nc(Cl)c1)c1ccc(F)cc1. The number of pyridine rings is 1. The highest BCUT2D eigenvalue weighted by atomic mass is 35.5. The quantitative estimate of drug-likeness (QED) is 0.885. The Bertz CT molecular complexity index is 611. The maximum Gasteiger partial charge on any atom is 0.258 e. The van der Waals surface area contributed by atoms with Gasteiger partial charge in [0.2, 0.25) is 0 Å². The van der Waals surface area contributed by atoms with Crippen LogP contribution in [0.1, 0.15) is 17.3 Å². The van der Waals surface area contributed by atoms with E-state index in [2.05, 4.69) is 4.98 Å². The molecule has 1 aromatic carbocycles. The summed E-state index contributed by atoms with van der Waals surface area (Å²) in [6, 6.07) is 8.61. The van der Waals surface area contributed by atoms with Crippen LogP contribution in [0.3, 0.4) is 0 Å². The molecule has 0 aliphatic rings. The number of nitrogen functional groups attached to an aromatic ring is 1. The van der Waals surface area contributed by atoms with Crippen molar-refractivity contribution in [1.29, 1.82) is 0 Å². The number of amides is 1. The lowest BCUT2D eigenvalue weighted by atomic mass is 10.2. The van der Waals surface area contributed by atoms with Crippen LogP contribution in [0, 0.1) is 5.82 Å². The summed E-state index contributed by atoms with van der Waals surface area (Å²) >= 11 is 5.80. The van der Waals surface area contributed by atoms with E-state index in [1.54, 1.807) is 12.1 Å². The standard InChI is InChI=1S/C14H13ClFN3O/c1-2-19(11-5-3-10(16)4-6-11)14(20)9-7-12(15)18-13(17)8-9/h3-8H,2H2,1H3,(H2,17,18). The highest BCUT2D eigenvalue weighted by Crippen LogP contribution is 2.20. The van der Waals surface area contributed by atoms with Crippen LogP contribution in [0.25, 0.3) is 0 Å². The Morgan fingerprint density at radius 3 is 2.55 bits per heavy atom. The lowest BCUT2D eigenvalue weighted by Crippen LogP contribution is -2.30. The number of nitrogens with zero attached hydrogens (tertiary/aromatic N) is 2. The average molecular weight is 294 g/mol. The molecule has 2 aromatic rings. The third kappa shape index (κ3) is 3.05. The van der Waals surface area contributed by atoms with E-state index in [0.29, 0.717) is 17.8 Å². The van der Waals surface area contributed by atoms with E-state index in [9.17, 15) is 9.18 Å². The Labute approximate surface area is 121 Å². The van der Waals surface area contributed by atoms with Crippen molar-refractivity contribution in [2.75, 3.05) is 17.2 Å². The van der Waals surface area contributed by atoms with Gasteiger partial charge in [-0.1, -0.05) is 11.6 Å². The summed E-state index contributed by atoms with van der Waals surface area (Å²) in [5, 5.41) is 0.156. The van der Waals surface area contributed by atoms with Crippen LogP contribution < -0.4 is 10.6 Å². The summed E-state index contributed by atoms with van der Waals surface area (Å²) in [4.78, 5) is 17.8. The molecule has 0 saturated carbocycles. The number of hydrogen-bond acceptors (Lipinski definition) is 3. The number of anilines is 2. The summed E-state index contributed by atoms with van der Waals surface area (Å²) in [5.74, 6) is -0.445. The van der Waals surface area contributed by atoms with E-state index in [1.807, 2.05) is 6.92 Å². The zero-order valence-corrected chi connectivity index (χ0v) is 11.6. The monoisotopic (exact) mass is 293 g/mol. The summed E-state index contributed by atoms with van der Waals surface area (Å²) in [5.41, 5.74) is 6.53. The van der Waals surface area contributed by atoms with Crippen LogP contribution in [0.15, 0.2) is 36.4 Å². The third-order valence-corrected chi connectivity index (χ3v) is 2.95. The molecule has 20 heavy (non-hydrogen) atoms. The number of aromatic nitrogens is 1. The minimum absolute atomic E-state index is 0.156. The van der Waals surface area contributed by atoms with Gasteiger partial charge >= 0.3 is 0 Å². The second kappa shape index (κ2) is 5.88. The Kier molecular flexibility index (Phi) is 4.20. The van der Waals surface area contributed by atoms with Crippen molar-refractivity contribution in [3.8, 4) is 0 Å². The molecule has 0 spiro atoms. The van der Waals surface area contributed by atoms with Gasteiger partial charge in [-0.05, 0) is 43.3 Å². The van der Waals surface area contributed by atoms with E-state index >= 15 is 0 Å². The Balaban J connectivity index is 2.36. The van der Waals surface area contributed by atoms with Crippen molar-refractivity contribution in [3.63, 3.8) is 0 Å². The van der Waals surface area contributed by atoms with Crippen molar-refractivity contribution >= 4 is 29.0 Å². The summed E-state index contributed by atoms with van der Waals surface area (Å²) in [7, 11) is 0. The molecule has 1 amide bonds. The van der Waals surface area contributed by atoms with E-state index in [4.69, 9.17) is 17.3 Å². The number of rotatable bonds is 3. The number of halogens is 2. The molecule has 0 aliphatic heterocycles. The van der Waals surface area contributed by atoms with Crippen LogP contribution in [0.5, 0.6) is 0 Å². The molecule has 0 radical (unpaired) electrons. The molecule has 0 bridgehead atoms. The van der Waals surface area contributed by atoms with E-state index in [0.717, 1.165) is 0 Å². The van der Waals surface area contributed by atoms with Crippen LogP contribution in [0.2, 0.25) is 5.15 Å². The Hall–Kier alpha value is -2.14. The van der Waals surface area contributed by atoms with Gasteiger partial charge in [0.15, 0.2) is 0 Å². The zero-order valence-electron chi connectivity index (χ0n) is 10.8. The van der Waals surface area contributed by atoms with Crippen LogP contribution in [-0.2, 0) is 0 Å². The Morgan fingerprint density at radius 1 is 1.35 bits per heavy atom. The summed E-state index contributed by atoms with van der Waals surface area (Å²) in [6.07, 6.45) is 0. The van der Waals surface area contributed by atoms with Crippen molar-refractivity contribution < 1.29 is 9.18 Å². The zero-order chi connectivity index (χ0) is 14.7. The second-order valence-electron chi connectivity index (χ2n) is 4.13. The first-order chi connectivity index (χ1) is 9.51. The fourth-order valence-corrected chi connectivity index (χ4v) is 2.08. The molecule has 1 aromatic heterocycles. The maximum absolute atomic E-state index is 12.9. The van der Waals surface area contributed by atoms with E-state index in [1.165, 1.54) is 29.2 Å². The molecule has 104 valence electrons. The first-order valence-electron chi connectivity index (χ1n) is 6.01. The lowest BCUT2D eigenvalue weighted by molar-refractivity contribution is 0.0988. The molecule has 2 N–H and O–H groups in total. The van der Waals surface area contributed by atoms with E-state index in [-0.39, 0.29) is 22.7 Å². The topological polar surface area (TPSA) is 59.2 Å². The molecule has 6 heteroatoms. The van der Waals surface area contributed by atoms with Crippen molar-refractivity contribution in [2.24, 2.45) is 0 Å². The van der Waals surface area contributed by atoms with Gasteiger partial charge in [0.1, 0.15) is 16.8 Å². The predicted octanol–water partition coefficient (Wildman–Crippen LogP) is 3.12. The van der Waals surface area contributed by atoms with Gasteiger partial charge in [-0.2, -0.15) is 0 Å². The van der Waals surface area contributed by atoms with Gasteiger partial charge in [-0.25, -0.2) is 9.37 Å². The van der Waals surface area contributed by atoms with Crippen LogP contribution >= 0.6 is 11.6 Å². The molecule has 0 fully saturated rings. The molecule has 0 aliphatic carbocycles. The molecule has 0 atom stereocenters. The number of carbonyl (C=O) groups is 1. The average Bonchev–Trinajstić information content (AvgIpc) is 2.40.